The van der Waals surface area contributed by atoms with Gasteiger partial charge in [0.05, 0.1) is 5.41 Å². The van der Waals surface area contributed by atoms with Crippen LogP contribution in [0.3, 0.4) is 0 Å². The molecule has 3 N–H and O–H groups in total. The second kappa shape index (κ2) is 6.78. The van der Waals surface area contributed by atoms with Gasteiger partial charge < -0.3 is 15.7 Å². The van der Waals surface area contributed by atoms with Crippen LogP contribution in [0.1, 0.15) is 52.9 Å². The van der Waals surface area contributed by atoms with E-state index >= 15 is 0 Å². The molecule has 19 heavy (non-hydrogen) atoms. The summed E-state index contributed by atoms with van der Waals surface area (Å²) in [5.74, 6) is -0.176. The zero-order chi connectivity index (χ0) is 14.5. The van der Waals surface area contributed by atoms with Crippen molar-refractivity contribution in [3.05, 3.63) is 0 Å². The van der Waals surface area contributed by atoms with Gasteiger partial charge in [-0.05, 0) is 38.5 Å². The number of hydrogen-bond donors (Lipinski definition) is 3. The van der Waals surface area contributed by atoms with Gasteiger partial charge in [-0.2, -0.15) is 0 Å². The lowest BCUT2D eigenvalue weighted by Gasteiger charge is -2.37. The Morgan fingerprint density at radius 3 is 2.26 bits per heavy atom. The summed E-state index contributed by atoms with van der Waals surface area (Å²) in [5.41, 5.74) is -0.724. The summed E-state index contributed by atoms with van der Waals surface area (Å²) in [6.45, 7) is 6.50. The molecule has 0 aromatic rings. The Balaban J connectivity index is 2.26. The molecule has 2 amide bonds. The smallest absolute Gasteiger partial charge is 0.315 e. The van der Waals surface area contributed by atoms with Crippen LogP contribution in [-0.2, 0) is 4.79 Å². The number of carbonyl (C=O) groups excluding carboxylic acids is 1. The summed E-state index contributed by atoms with van der Waals surface area (Å²) in [5, 5.41) is 14.7. The van der Waals surface area contributed by atoms with E-state index in [9.17, 15) is 9.59 Å². The summed E-state index contributed by atoms with van der Waals surface area (Å²) in [6.07, 6.45) is 4.26. The molecule has 1 aliphatic rings. The maximum Gasteiger partial charge on any atom is 0.315 e. The van der Waals surface area contributed by atoms with E-state index in [0.29, 0.717) is 18.8 Å². The SMILES string of the molecule is CC(C)CCC(C)NC(=O)NCC1(C(=O)O)CCC1. The fourth-order valence-electron chi connectivity index (χ4n) is 2.25. The molecule has 0 bridgehead atoms. The second-order valence-electron chi connectivity index (χ2n) is 6.14. The minimum atomic E-state index is -0.799. The summed E-state index contributed by atoms with van der Waals surface area (Å²) < 4.78 is 0. The summed E-state index contributed by atoms with van der Waals surface area (Å²) in [6, 6.07) is -0.145. The van der Waals surface area contributed by atoms with Crippen LogP contribution in [-0.4, -0.2) is 29.7 Å². The normalized spacial score (nSPS) is 18.5. The Bertz CT molecular complexity index is 325. The topological polar surface area (TPSA) is 78.4 Å². The Labute approximate surface area is 115 Å². The highest BCUT2D eigenvalue weighted by Gasteiger charge is 2.44. The molecule has 1 unspecified atom stereocenters. The predicted molar refractivity (Wildman–Crippen MR) is 74.0 cm³/mol. The van der Waals surface area contributed by atoms with Gasteiger partial charge in [-0.15, -0.1) is 0 Å². The van der Waals surface area contributed by atoms with Crippen molar-refractivity contribution >= 4 is 12.0 Å². The second-order valence-corrected chi connectivity index (χ2v) is 6.14. The van der Waals surface area contributed by atoms with E-state index in [1.807, 2.05) is 6.92 Å². The molecule has 0 saturated heterocycles. The predicted octanol–water partition coefficient (Wildman–Crippen LogP) is 2.37. The number of carbonyl (C=O) groups is 2. The third-order valence-electron chi connectivity index (χ3n) is 3.91. The number of nitrogens with one attached hydrogen (secondary N) is 2. The molecule has 0 aromatic carbocycles. The first-order chi connectivity index (χ1) is 8.85. The lowest BCUT2D eigenvalue weighted by Crippen LogP contribution is -2.50. The molecule has 1 atom stereocenters. The van der Waals surface area contributed by atoms with Crippen molar-refractivity contribution in [1.29, 1.82) is 0 Å². The lowest BCUT2D eigenvalue weighted by molar-refractivity contribution is -0.153. The number of carboxylic acids is 1. The van der Waals surface area contributed by atoms with E-state index in [1.54, 1.807) is 0 Å². The molecule has 0 aliphatic heterocycles. The van der Waals surface area contributed by atoms with E-state index < -0.39 is 11.4 Å². The Kier molecular flexibility index (Phi) is 5.63. The average molecular weight is 270 g/mol. The molecule has 5 heteroatoms. The number of amides is 2. The molecule has 0 aromatic heterocycles. The third kappa shape index (κ3) is 4.73. The fraction of sp³-hybridized carbons (Fsp3) is 0.857. The summed E-state index contributed by atoms with van der Waals surface area (Å²) in [4.78, 5) is 22.8. The van der Waals surface area contributed by atoms with Gasteiger partial charge in [-0.1, -0.05) is 20.3 Å². The van der Waals surface area contributed by atoms with Crippen LogP contribution >= 0.6 is 0 Å². The molecule has 0 heterocycles. The van der Waals surface area contributed by atoms with Gasteiger partial charge in [0.15, 0.2) is 0 Å². The van der Waals surface area contributed by atoms with Crippen LogP contribution in [0.2, 0.25) is 0 Å². The first-order valence-corrected chi connectivity index (χ1v) is 7.13. The molecule has 1 aliphatic carbocycles. The van der Waals surface area contributed by atoms with Crippen molar-refractivity contribution in [2.45, 2.75) is 58.9 Å². The van der Waals surface area contributed by atoms with E-state index in [2.05, 4.69) is 24.5 Å². The molecule has 1 fully saturated rings. The van der Waals surface area contributed by atoms with Crippen molar-refractivity contribution in [2.75, 3.05) is 6.54 Å². The molecular weight excluding hydrogens is 244 g/mol. The highest BCUT2D eigenvalue weighted by molar-refractivity contribution is 5.78. The highest BCUT2D eigenvalue weighted by atomic mass is 16.4. The van der Waals surface area contributed by atoms with Gasteiger partial charge in [-0.3, -0.25) is 4.79 Å². The van der Waals surface area contributed by atoms with E-state index in [1.165, 1.54) is 0 Å². The first-order valence-electron chi connectivity index (χ1n) is 7.13. The van der Waals surface area contributed by atoms with Crippen molar-refractivity contribution in [3.63, 3.8) is 0 Å². The number of carboxylic acid groups (broad SMARTS) is 1. The van der Waals surface area contributed by atoms with Gasteiger partial charge in [0.25, 0.3) is 0 Å². The monoisotopic (exact) mass is 270 g/mol. The summed E-state index contributed by atoms with van der Waals surface area (Å²) >= 11 is 0. The first kappa shape index (κ1) is 15.8. The van der Waals surface area contributed by atoms with Crippen LogP contribution in [0.4, 0.5) is 4.79 Å². The van der Waals surface area contributed by atoms with Crippen LogP contribution in [0, 0.1) is 11.3 Å². The van der Waals surface area contributed by atoms with Gasteiger partial charge in [0.2, 0.25) is 0 Å². The fourth-order valence-corrected chi connectivity index (χ4v) is 2.25. The summed E-state index contributed by atoms with van der Waals surface area (Å²) in [7, 11) is 0. The quantitative estimate of drug-likeness (QED) is 0.664. The van der Waals surface area contributed by atoms with Gasteiger partial charge in [0, 0.05) is 12.6 Å². The van der Waals surface area contributed by atoms with Gasteiger partial charge in [-0.25, -0.2) is 4.79 Å². The number of urea groups is 1. The Morgan fingerprint density at radius 2 is 1.84 bits per heavy atom. The Morgan fingerprint density at radius 1 is 1.21 bits per heavy atom. The molecular formula is C14H26N2O3. The van der Waals surface area contributed by atoms with E-state index in [0.717, 1.165) is 19.3 Å². The average Bonchev–Trinajstić information content (AvgIpc) is 2.24. The zero-order valence-corrected chi connectivity index (χ0v) is 12.2. The molecule has 0 spiro atoms. The number of hydrogen-bond acceptors (Lipinski definition) is 2. The van der Waals surface area contributed by atoms with Crippen LogP contribution < -0.4 is 10.6 Å². The van der Waals surface area contributed by atoms with Crippen LogP contribution in [0.5, 0.6) is 0 Å². The van der Waals surface area contributed by atoms with E-state index in [4.69, 9.17) is 5.11 Å². The van der Waals surface area contributed by atoms with Crippen molar-refractivity contribution < 1.29 is 14.7 Å². The van der Waals surface area contributed by atoms with Crippen LogP contribution in [0.15, 0.2) is 0 Å². The molecule has 1 saturated carbocycles. The van der Waals surface area contributed by atoms with Gasteiger partial charge >= 0.3 is 12.0 Å². The molecule has 1 rings (SSSR count). The molecule has 110 valence electrons. The lowest BCUT2D eigenvalue weighted by atomic mass is 9.69. The highest BCUT2D eigenvalue weighted by Crippen LogP contribution is 2.40. The zero-order valence-electron chi connectivity index (χ0n) is 12.2. The number of aliphatic carboxylic acids is 1. The van der Waals surface area contributed by atoms with E-state index in [-0.39, 0.29) is 18.6 Å². The molecule has 0 radical (unpaired) electrons. The largest absolute Gasteiger partial charge is 0.481 e. The maximum atomic E-state index is 11.7. The maximum absolute atomic E-state index is 11.7. The number of rotatable bonds is 7. The standard InChI is InChI=1S/C14H26N2O3/c1-10(2)5-6-11(3)16-13(19)15-9-14(12(17)18)7-4-8-14/h10-11H,4-9H2,1-3H3,(H,17,18)(H2,15,16,19). The van der Waals surface area contributed by atoms with Crippen LogP contribution in [0.25, 0.3) is 0 Å². The minimum absolute atomic E-state index is 0.115. The van der Waals surface area contributed by atoms with Crippen molar-refractivity contribution in [1.82, 2.24) is 10.6 Å². The molecule has 5 nitrogen and oxygen atoms in total. The van der Waals surface area contributed by atoms with Crippen molar-refractivity contribution in [3.8, 4) is 0 Å². The minimum Gasteiger partial charge on any atom is -0.481 e. The Hall–Kier alpha value is -1.26. The van der Waals surface area contributed by atoms with Gasteiger partial charge in [0.1, 0.15) is 0 Å². The van der Waals surface area contributed by atoms with Crippen molar-refractivity contribution in [2.24, 2.45) is 11.3 Å². The third-order valence-corrected chi connectivity index (χ3v) is 3.91.